The zero-order valence-corrected chi connectivity index (χ0v) is 13.5. The van der Waals surface area contributed by atoms with E-state index in [1.54, 1.807) is 6.08 Å². The molecule has 0 saturated carbocycles. The first-order chi connectivity index (χ1) is 9.72. The maximum atomic E-state index is 10.5. The maximum Gasteiger partial charge on any atom is 0.235 e. The molecule has 1 aromatic carbocycles. The van der Waals surface area contributed by atoms with Crippen molar-refractivity contribution in [3.63, 3.8) is 0 Å². The Morgan fingerprint density at radius 1 is 1.43 bits per heavy atom. The van der Waals surface area contributed by atoms with Gasteiger partial charge in [0.05, 0.1) is 4.92 Å². The number of nitrogens with zero attached hydrogens (tertiary/aromatic N) is 2. The summed E-state index contributed by atoms with van der Waals surface area (Å²) < 4.78 is 0. The highest BCUT2D eigenvalue weighted by molar-refractivity contribution is 5.64. The predicted octanol–water partition coefficient (Wildman–Crippen LogP) is 4.43. The highest BCUT2D eigenvalue weighted by Gasteiger charge is 2.37. The Kier molecular flexibility index (Phi) is 4.08. The molecule has 0 spiro atoms. The van der Waals surface area contributed by atoms with Crippen LogP contribution in [0.5, 0.6) is 0 Å². The Morgan fingerprint density at radius 3 is 2.67 bits per heavy atom. The Hall–Kier alpha value is -1.84. The van der Waals surface area contributed by atoms with Gasteiger partial charge in [-0.25, -0.2) is 0 Å². The lowest BCUT2D eigenvalue weighted by atomic mass is 9.79. The number of anilines is 1. The van der Waals surface area contributed by atoms with Crippen LogP contribution < -0.4 is 4.90 Å². The van der Waals surface area contributed by atoms with Crippen LogP contribution in [0.2, 0.25) is 0 Å². The Balaban J connectivity index is 2.48. The van der Waals surface area contributed by atoms with Crippen molar-refractivity contribution >= 4 is 11.8 Å². The van der Waals surface area contributed by atoms with Crippen molar-refractivity contribution in [1.29, 1.82) is 0 Å². The number of hydrogen-bond acceptors (Lipinski definition) is 3. The average molecular weight is 288 g/mol. The van der Waals surface area contributed by atoms with E-state index in [9.17, 15) is 10.1 Å². The lowest BCUT2D eigenvalue weighted by Gasteiger charge is -2.50. The van der Waals surface area contributed by atoms with Gasteiger partial charge in [0.25, 0.3) is 0 Å². The van der Waals surface area contributed by atoms with Crippen LogP contribution in [0, 0.1) is 10.1 Å². The van der Waals surface area contributed by atoms with Crippen molar-refractivity contribution in [2.24, 2.45) is 0 Å². The van der Waals surface area contributed by atoms with Gasteiger partial charge in [0.2, 0.25) is 6.20 Å². The van der Waals surface area contributed by atoms with Crippen molar-refractivity contribution < 1.29 is 4.92 Å². The maximum absolute atomic E-state index is 10.5. The highest BCUT2D eigenvalue weighted by Crippen LogP contribution is 2.44. The monoisotopic (exact) mass is 288 g/mol. The van der Waals surface area contributed by atoms with Gasteiger partial charge in [-0.2, -0.15) is 0 Å². The second-order valence-electron chi connectivity index (χ2n) is 6.80. The topological polar surface area (TPSA) is 46.4 Å². The van der Waals surface area contributed by atoms with E-state index >= 15 is 0 Å². The Morgan fingerprint density at radius 2 is 2.10 bits per heavy atom. The fourth-order valence-corrected chi connectivity index (χ4v) is 3.70. The largest absolute Gasteiger partial charge is 0.364 e. The van der Waals surface area contributed by atoms with Gasteiger partial charge < -0.3 is 4.90 Å². The molecule has 4 nitrogen and oxygen atoms in total. The molecule has 0 amide bonds. The average Bonchev–Trinajstić information content (AvgIpc) is 2.35. The first-order valence-corrected chi connectivity index (χ1v) is 7.47. The summed E-state index contributed by atoms with van der Waals surface area (Å²) in [5, 5.41) is 10.5. The molecule has 0 aromatic heterocycles. The summed E-state index contributed by atoms with van der Waals surface area (Å²) in [6, 6.07) is 6.57. The van der Waals surface area contributed by atoms with Gasteiger partial charge in [-0.1, -0.05) is 13.0 Å². The summed E-state index contributed by atoms with van der Waals surface area (Å²) in [5.74, 6) is 0.453. The van der Waals surface area contributed by atoms with Gasteiger partial charge >= 0.3 is 0 Å². The summed E-state index contributed by atoms with van der Waals surface area (Å²) in [6.07, 6.45) is 3.65. The van der Waals surface area contributed by atoms with Crippen molar-refractivity contribution in [2.75, 3.05) is 4.90 Å². The number of benzene rings is 1. The summed E-state index contributed by atoms with van der Waals surface area (Å²) in [4.78, 5) is 12.5. The molecule has 0 saturated heterocycles. The van der Waals surface area contributed by atoms with Crippen LogP contribution in [0.1, 0.15) is 58.1 Å². The molecule has 1 heterocycles. The lowest BCUT2D eigenvalue weighted by Crippen LogP contribution is -2.51. The van der Waals surface area contributed by atoms with Crippen LogP contribution in [0.4, 0.5) is 5.69 Å². The standard InChI is InChI=1S/C17H24N2O2/c1-12(2)19-16-7-6-14(8-9-18(20)21)10-15(16)13(3)11-17(19,4)5/h6-10,12-13H,11H2,1-5H3/b9-8-. The number of hydrogen-bond donors (Lipinski definition) is 0. The third kappa shape index (κ3) is 3.09. The molecule has 4 heteroatoms. The van der Waals surface area contributed by atoms with E-state index in [2.05, 4.69) is 51.7 Å². The SMILES string of the molecule is CC1CC(C)(C)N(C(C)C)c2ccc(/C=C\[N+](=O)[O-])cc21. The molecule has 21 heavy (non-hydrogen) atoms. The summed E-state index contributed by atoms with van der Waals surface area (Å²) in [6.45, 7) is 11.2. The fourth-order valence-electron chi connectivity index (χ4n) is 3.70. The summed E-state index contributed by atoms with van der Waals surface area (Å²) in [5.41, 5.74) is 3.56. The van der Waals surface area contributed by atoms with Gasteiger partial charge in [0, 0.05) is 23.3 Å². The molecule has 0 radical (unpaired) electrons. The first kappa shape index (κ1) is 15.5. The molecule has 0 N–H and O–H groups in total. The van der Waals surface area contributed by atoms with Crippen LogP contribution in [-0.2, 0) is 0 Å². The third-order valence-corrected chi connectivity index (χ3v) is 4.21. The number of nitro groups is 1. The molecular formula is C17H24N2O2. The Bertz CT molecular complexity index is 576. The summed E-state index contributed by atoms with van der Waals surface area (Å²) >= 11 is 0. The minimum atomic E-state index is -0.424. The van der Waals surface area contributed by atoms with E-state index in [1.807, 2.05) is 6.07 Å². The van der Waals surface area contributed by atoms with Crippen molar-refractivity contribution in [3.8, 4) is 0 Å². The molecule has 114 valence electrons. The minimum Gasteiger partial charge on any atom is -0.364 e. The van der Waals surface area contributed by atoms with Gasteiger partial charge in [0.15, 0.2) is 0 Å². The van der Waals surface area contributed by atoms with E-state index in [4.69, 9.17) is 0 Å². The molecule has 1 unspecified atom stereocenters. The zero-order valence-electron chi connectivity index (χ0n) is 13.5. The summed E-state index contributed by atoms with van der Waals surface area (Å²) in [7, 11) is 0. The van der Waals surface area contributed by atoms with Gasteiger partial charge in [0.1, 0.15) is 0 Å². The second kappa shape index (κ2) is 5.51. The van der Waals surface area contributed by atoms with Crippen LogP contribution >= 0.6 is 0 Å². The number of fused-ring (bicyclic) bond motifs is 1. The quantitative estimate of drug-likeness (QED) is 0.610. The normalized spacial score (nSPS) is 20.9. The van der Waals surface area contributed by atoms with E-state index in [0.29, 0.717) is 12.0 Å². The van der Waals surface area contributed by atoms with Gasteiger partial charge in [-0.15, -0.1) is 0 Å². The minimum absolute atomic E-state index is 0.124. The van der Waals surface area contributed by atoms with Crippen LogP contribution in [0.15, 0.2) is 24.4 Å². The highest BCUT2D eigenvalue weighted by atomic mass is 16.6. The van der Waals surface area contributed by atoms with Crippen LogP contribution in [-0.4, -0.2) is 16.5 Å². The van der Waals surface area contributed by atoms with Crippen LogP contribution in [0.25, 0.3) is 6.08 Å². The molecule has 1 aliphatic heterocycles. The van der Waals surface area contributed by atoms with E-state index in [-0.39, 0.29) is 5.54 Å². The Labute approximate surface area is 126 Å². The van der Waals surface area contributed by atoms with E-state index in [1.165, 1.54) is 11.3 Å². The molecule has 1 atom stereocenters. The molecule has 0 aliphatic carbocycles. The van der Waals surface area contributed by atoms with Gasteiger partial charge in [-0.05, 0) is 63.3 Å². The molecule has 1 aromatic rings. The predicted molar refractivity (Wildman–Crippen MR) is 87.2 cm³/mol. The van der Waals surface area contributed by atoms with E-state index < -0.39 is 4.92 Å². The third-order valence-electron chi connectivity index (χ3n) is 4.21. The lowest BCUT2D eigenvalue weighted by molar-refractivity contribution is -0.400. The number of rotatable bonds is 3. The van der Waals surface area contributed by atoms with Crippen LogP contribution in [0.3, 0.4) is 0 Å². The molecule has 1 aliphatic rings. The van der Waals surface area contributed by atoms with Crippen molar-refractivity contribution in [1.82, 2.24) is 0 Å². The zero-order chi connectivity index (χ0) is 15.8. The van der Waals surface area contributed by atoms with Crippen molar-refractivity contribution in [2.45, 2.75) is 58.5 Å². The molecule has 2 rings (SSSR count). The first-order valence-electron chi connectivity index (χ1n) is 7.47. The molecule has 0 fully saturated rings. The van der Waals surface area contributed by atoms with Gasteiger partial charge in [-0.3, -0.25) is 10.1 Å². The molecule has 0 bridgehead atoms. The smallest absolute Gasteiger partial charge is 0.235 e. The van der Waals surface area contributed by atoms with E-state index in [0.717, 1.165) is 18.2 Å². The molecular weight excluding hydrogens is 264 g/mol. The fraction of sp³-hybridized carbons (Fsp3) is 0.529. The second-order valence-corrected chi connectivity index (χ2v) is 6.80. The van der Waals surface area contributed by atoms with Crippen molar-refractivity contribution in [3.05, 3.63) is 45.6 Å².